The van der Waals surface area contributed by atoms with Gasteiger partial charge in [-0.25, -0.2) is 4.99 Å². The molecule has 8 heteroatoms. The first-order valence-corrected chi connectivity index (χ1v) is 9.52. The van der Waals surface area contributed by atoms with E-state index in [-0.39, 0.29) is 36.4 Å². The lowest BCUT2D eigenvalue weighted by Gasteiger charge is -2.35. The zero-order valence-corrected chi connectivity index (χ0v) is 19.0. The van der Waals surface area contributed by atoms with Crippen molar-refractivity contribution >= 4 is 35.8 Å². The molecule has 1 unspecified atom stereocenters. The number of likely N-dealkylation sites (N-methyl/N-ethyl adjacent to an activating group) is 1. The molecule has 0 aromatic rings. The number of halogens is 1. The van der Waals surface area contributed by atoms with Gasteiger partial charge >= 0.3 is 0 Å². The first-order chi connectivity index (χ1) is 12.0. The average Bonchev–Trinajstić information content (AvgIpc) is 3.10. The number of ether oxygens (including phenoxy) is 1. The van der Waals surface area contributed by atoms with Gasteiger partial charge in [0.1, 0.15) is 6.54 Å². The van der Waals surface area contributed by atoms with Crippen LogP contribution in [0.5, 0.6) is 0 Å². The van der Waals surface area contributed by atoms with Crippen LogP contribution in [0.2, 0.25) is 0 Å². The maximum atomic E-state index is 11.9. The minimum absolute atomic E-state index is 0. The van der Waals surface area contributed by atoms with Crippen molar-refractivity contribution in [1.29, 1.82) is 0 Å². The fourth-order valence-electron chi connectivity index (χ4n) is 3.18. The summed E-state index contributed by atoms with van der Waals surface area (Å²) in [6, 6.07) is 1.02. The number of carbonyl (C=O) groups is 1. The fourth-order valence-corrected chi connectivity index (χ4v) is 3.18. The maximum Gasteiger partial charge on any atom is 0.243 e. The molecule has 0 saturated carbocycles. The van der Waals surface area contributed by atoms with Gasteiger partial charge in [-0.3, -0.25) is 4.79 Å². The predicted molar refractivity (Wildman–Crippen MR) is 116 cm³/mol. The van der Waals surface area contributed by atoms with Crippen molar-refractivity contribution in [2.75, 3.05) is 53.5 Å². The Morgan fingerprint density at radius 2 is 1.96 bits per heavy atom. The Balaban J connectivity index is 0.00000338. The van der Waals surface area contributed by atoms with Gasteiger partial charge in [-0.15, -0.1) is 24.0 Å². The first kappa shape index (κ1) is 23.4. The monoisotopic (exact) mass is 481 g/mol. The molecule has 7 nitrogen and oxygen atoms in total. The van der Waals surface area contributed by atoms with Crippen LogP contribution in [-0.4, -0.2) is 87.2 Å². The van der Waals surface area contributed by atoms with Crippen LogP contribution < -0.4 is 10.6 Å². The van der Waals surface area contributed by atoms with Crippen LogP contribution in [0.4, 0.5) is 0 Å². The Morgan fingerprint density at radius 1 is 1.27 bits per heavy atom. The zero-order chi connectivity index (χ0) is 18.2. The van der Waals surface area contributed by atoms with E-state index in [9.17, 15) is 4.79 Å². The van der Waals surface area contributed by atoms with Crippen LogP contribution in [0.3, 0.4) is 0 Å². The second-order valence-electron chi connectivity index (χ2n) is 7.61. The van der Waals surface area contributed by atoms with Crippen LogP contribution in [-0.2, 0) is 9.53 Å². The van der Waals surface area contributed by atoms with Crippen molar-refractivity contribution < 1.29 is 9.53 Å². The van der Waals surface area contributed by atoms with Crippen molar-refractivity contribution in [3.63, 3.8) is 0 Å². The van der Waals surface area contributed by atoms with Crippen LogP contribution in [0.25, 0.3) is 0 Å². The summed E-state index contributed by atoms with van der Waals surface area (Å²) in [5, 5.41) is 6.95. The normalized spacial score (nSPS) is 22.2. The summed E-state index contributed by atoms with van der Waals surface area (Å²) >= 11 is 0. The minimum atomic E-state index is 0. The molecule has 2 aliphatic heterocycles. The van der Waals surface area contributed by atoms with Crippen molar-refractivity contribution in [2.24, 2.45) is 10.9 Å². The lowest BCUT2D eigenvalue weighted by atomic mass is 10.0. The quantitative estimate of drug-likeness (QED) is 0.339. The number of hydrogen-bond donors (Lipinski definition) is 2. The highest BCUT2D eigenvalue weighted by Gasteiger charge is 2.22. The number of amides is 1. The number of hydrogen-bond acceptors (Lipinski definition) is 4. The lowest BCUT2D eigenvalue weighted by Crippen LogP contribution is -2.50. The van der Waals surface area contributed by atoms with Gasteiger partial charge in [-0.2, -0.15) is 0 Å². The average molecular weight is 481 g/mol. The van der Waals surface area contributed by atoms with Gasteiger partial charge in [0.25, 0.3) is 0 Å². The SMILES string of the molecule is CC(C)N1CCC(NC(=NCC(=O)N(C)C)NCC2CCOC2)CC1.I. The molecule has 0 aliphatic carbocycles. The Morgan fingerprint density at radius 3 is 2.50 bits per heavy atom. The van der Waals surface area contributed by atoms with Crippen LogP contribution >= 0.6 is 24.0 Å². The van der Waals surface area contributed by atoms with E-state index in [1.807, 2.05) is 0 Å². The van der Waals surface area contributed by atoms with E-state index in [2.05, 4.69) is 34.4 Å². The van der Waals surface area contributed by atoms with E-state index in [1.165, 1.54) is 0 Å². The number of nitrogens with zero attached hydrogens (tertiary/aromatic N) is 3. The number of rotatable bonds is 6. The topological polar surface area (TPSA) is 69.2 Å². The summed E-state index contributed by atoms with van der Waals surface area (Å²) in [7, 11) is 3.52. The van der Waals surface area contributed by atoms with Crippen molar-refractivity contribution in [2.45, 2.75) is 45.2 Å². The number of likely N-dealkylation sites (tertiary alicyclic amines) is 1. The first-order valence-electron chi connectivity index (χ1n) is 9.52. The molecule has 1 atom stereocenters. The standard InChI is InChI=1S/C18H35N5O2.HI/c1-14(2)23-8-5-16(6-9-23)21-18(20-12-17(24)22(3)4)19-11-15-7-10-25-13-15;/h14-16H,5-13H2,1-4H3,(H2,19,20,21);1H. The van der Waals surface area contributed by atoms with Gasteiger partial charge in [0.15, 0.2) is 5.96 Å². The van der Waals surface area contributed by atoms with Crippen LogP contribution in [0.1, 0.15) is 33.1 Å². The minimum Gasteiger partial charge on any atom is -0.381 e. The Bertz CT molecular complexity index is 445. The summed E-state index contributed by atoms with van der Waals surface area (Å²) in [5.41, 5.74) is 0. The van der Waals surface area contributed by atoms with E-state index in [0.29, 0.717) is 18.0 Å². The third kappa shape index (κ3) is 7.96. The molecule has 0 spiro atoms. The van der Waals surface area contributed by atoms with Crippen molar-refractivity contribution in [3.05, 3.63) is 0 Å². The third-order valence-electron chi connectivity index (χ3n) is 5.05. The Labute approximate surface area is 175 Å². The molecule has 2 aliphatic rings. The van der Waals surface area contributed by atoms with Crippen molar-refractivity contribution in [1.82, 2.24) is 20.4 Å². The summed E-state index contributed by atoms with van der Waals surface area (Å²) in [6.45, 7) is 9.38. The molecule has 2 saturated heterocycles. The number of guanidine groups is 1. The summed E-state index contributed by atoms with van der Waals surface area (Å²) in [6.07, 6.45) is 3.30. The Hall–Kier alpha value is -0.610. The molecular weight excluding hydrogens is 445 g/mol. The van der Waals surface area contributed by atoms with Crippen molar-refractivity contribution in [3.8, 4) is 0 Å². The maximum absolute atomic E-state index is 11.9. The number of piperidine rings is 1. The van der Waals surface area contributed by atoms with E-state index in [0.717, 1.165) is 58.1 Å². The predicted octanol–water partition coefficient (Wildman–Crippen LogP) is 1.14. The Kier molecular flexibility index (Phi) is 10.8. The summed E-state index contributed by atoms with van der Waals surface area (Å²) < 4.78 is 5.44. The van der Waals surface area contributed by atoms with Gasteiger partial charge in [0.2, 0.25) is 5.91 Å². The third-order valence-corrected chi connectivity index (χ3v) is 5.05. The molecular formula is C18H36IN5O2. The number of aliphatic imine (C=N–C) groups is 1. The fraction of sp³-hybridized carbons (Fsp3) is 0.889. The molecule has 2 N–H and O–H groups in total. The van der Waals surface area contributed by atoms with Gasteiger partial charge in [-0.1, -0.05) is 0 Å². The zero-order valence-electron chi connectivity index (χ0n) is 16.7. The van der Waals surface area contributed by atoms with Crippen LogP contribution in [0.15, 0.2) is 4.99 Å². The lowest BCUT2D eigenvalue weighted by molar-refractivity contribution is -0.127. The molecule has 2 fully saturated rings. The van der Waals surface area contributed by atoms with E-state index < -0.39 is 0 Å². The molecule has 2 rings (SSSR count). The van der Waals surface area contributed by atoms with E-state index in [1.54, 1.807) is 19.0 Å². The van der Waals surface area contributed by atoms with Gasteiger partial charge < -0.3 is 25.2 Å². The van der Waals surface area contributed by atoms with Gasteiger partial charge in [0, 0.05) is 58.3 Å². The van der Waals surface area contributed by atoms with E-state index in [4.69, 9.17) is 4.74 Å². The highest BCUT2D eigenvalue weighted by Crippen LogP contribution is 2.13. The second-order valence-corrected chi connectivity index (χ2v) is 7.61. The highest BCUT2D eigenvalue weighted by atomic mass is 127. The van der Waals surface area contributed by atoms with Gasteiger partial charge in [-0.05, 0) is 33.1 Å². The second kappa shape index (κ2) is 12.0. The molecule has 1 amide bonds. The summed E-state index contributed by atoms with van der Waals surface area (Å²) in [5.74, 6) is 1.30. The smallest absolute Gasteiger partial charge is 0.243 e. The number of carbonyl (C=O) groups excluding carboxylic acids is 1. The molecule has 152 valence electrons. The molecule has 2 heterocycles. The number of nitrogens with one attached hydrogen (secondary N) is 2. The highest BCUT2D eigenvalue weighted by molar-refractivity contribution is 14.0. The molecule has 0 radical (unpaired) electrons. The summed E-state index contributed by atoms with van der Waals surface area (Å²) in [4.78, 5) is 20.4. The van der Waals surface area contributed by atoms with Crippen LogP contribution in [0, 0.1) is 5.92 Å². The molecule has 0 aromatic heterocycles. The molecule has 26 heavy (non-hydrogen) atoms. The van der Waals surface area contributed by atoms with E-state index >= 15 is 0 Å². The largest absolute Gasteiger partial charge is 0.381 e. The van der Waals surface area contributed by atoms with Gasteiger partial charge in [0.05, 0.1) is 6.61 Å². The molecule has 0 bridgehead atoms. The molecule has 0 aromatic carbocycles.